The van der Waals surface area contributed by atoms with Gasteiger partial charge in [0.1, 0.15) is 5.78 Å². The second kappa shape index (κ2) is 4.86. The number of carbonyl (C=O) groups is 1. The van der Waals surface area contributed by atoms with Crippen molar-refractivity contribution in [3.63, 3.8) is 0 Å². The highest BCUT2D eigenvalue weighted by Crippen LogP contribution is 2.29. The Bertz CT molecular complexity index is 352. The molecule has 0 aromatic rings. The minimum Gasteiger partial charge on any atom is -0.300 e. The molecule has 2 rings (SSSR count). The first-order chi connectivity index (χ1) is 7.55. The van der Waals surface area contributed by atoms with Crippen molar-refractivity contribution in [3.8, 4) is 0 Å². The highest BCUT2D eigenvalue weighted by Gasteiger charge is 2.30. The van der Waals surface area contributed by atoms with Gasteiger partial charge >= 0.3 is 0 Å². The van der Waals surface area contributed by atoms with Gasteiger partial charge in [-0.25, -0.2) is 8.42 Å². The average Bonchev–Trinajstić information content (AvgIpc) is 2.76. The fraction of sp³-hybridized carbons (Fsp3) is 0.917. The van der Waals surface area contributed by atoms with Gasteiger partial charge in [-0.1, -0.05) is 25.7 Å². The number of carbonyl (C=O) groups excluding carboxylic acids is 1. The molecule has 0 spiro atoms. The normalized spacial score (nSPS) is 29.6. The molecule has 1 aliphatic carbocycles. The van der Waals surface area contributed by atoms with E-state index in [-0.39, 0.29) is 23.2 Å². The van der Waals surface area contributed by atoms with Crippen LogP contribution in [0.15, 0.2) is 0 Å². The summed E-state index contributed by atoms with van der Waals surface area (Å²) >= 11 is 0. The van der Waals surface area contributed by atoms with Crippen LogP contribution >= 0.6 is 0 Å². The van der Waals surface area contributed by atoms with E-state index in [1.807, 2.05) is 0 Å². The summed E-state index contributed by atoms with van der Waals surface area (Å²) in [5.41, 5.74) is 0. The molecule has 1 unspecified atom stereocenters. The topological polar surface area (TPSA) is 51.2 Å². The molecule has 1 atom stereocenters. The molecule has 1 aliphatic heterocycles. The molecular weight excluding hydrogens is 224 g/mol. The van der Waals surface area contributed by atoms with Crippen LogP contribution in [0.1, 0.15) is 44.9 Å². The van der Waals surface area contributed by atoms with E-state index >= 15 is 0 Å². The molecule has 0 N–H and O–H groups in total. The summed E-state index contributed by atoms with van der Waals surface area (Å²) in [7, 11) is -2.82. The molecular formula is C12H20O3S. The van der Waals surface area contributed by atoms with Gasteiger partial charge in [0.15, 0.2) is 9.84 Å². The molecule has 16 heavy (non-hydrogen) atoms. The van der Waals surface area contributed by atoms with Gasteiger partial charge < -0.3 is 0 Å². The monoisotopic (exact) mass is 244 g/mol. The molecule has 2 fully saturated rings. The van der Waals surface area contributed by atoms with Gasteiger partial charge in [0.2, 0.25) is 0 Å². The first kappa shape index (κ1) is 12.1. The van der Waals surface area contributed by atoms with Gasteiger partial charge in [-0.15, -0.1) is 0 Å². The number of rotatable bonds is 4. The summed E-state index contributed by atoms with van der Waals surface area (Å²) in [6.45, 7) is 0. The third kappa shape index (κ3) is 3.30. The first-order valence-corrected chi connectivity index (χ1v) is 8.09. The Morgan fingerprint density at radius 3 is 2.19 bits per heavy atom. The van der Waals surface area contributed by atoms with E-state index < -0.39 is 9.84 Å². The molecule has 0 aromatic heterocycles. The fourth-order valence-electron chi connectivity index (χ4n) is 2.97. The number of ketones is 1. The van der Waals surface area contributed by atoms with Crippen LogP contribution < -0.4 is 0 Å². The van der Waals surface area contributed by atoms with Crippen molar-refractivity contribution < 1.29 is 13.2 Å². The number of hydrogen-bond acceptors (Lipinski definition) is 3. The summed E-state index contributed by atoms with van der Waals surface area (Å²) in [6, 6.07) is 0. The van der Waals surface area contributed by atoms with E-state index in [1.54, 1.807) is 0 Å². The van der Waals surface area contributed by atoms with Gasteiger partial charge in [-0.3, -0.25) is 4.79 Å². The maximum absolute atomic E-state index is 11.8. The molecule has 92 valence electrons. The van der Waals surface area contributed by atoms with Crippen LogP contribution in [0.25, 0.3) is 0 Å². The van der Waals surface area contributed by atoms with Crippen molar-refractivity contribution >= 4 is 15.6 Å². The zero-order chi connectivity index (χ0) is 11.6. The Labute approximate surface area is 97.5 Å². The van der Waals surface area contributed by atoms with Crippen LogP contribution in [-0.2, 0) is 14.6 Å². The van der Waals surface area contributed by atoms with Crippen molar-refractivity contribution in [2.24, 2.45) is 11.8 Å². The third-order valence-electron chi connectivity index (χ3n) is 3.83. The molecule has 2 aliphatic rings. The van der Waals surface area contributed by atoms with Crippen LogP contribution in [0.4, 0.5) is 0 Å². The highest BCUT2D eigenvalue weighted by atomic mass is 32.2. The standard InChI is InChI=1S/C12H20O3S/c13-12(7-10-3-1-2-4-10)8-11-5-6-16(14,15)9-11/h10-11H,1-9H2. The maximum atomic E-state index is 11.8. The van der Waals surface area contributed by atoms with Crippen LogP contribution in [0.5, 0.6) is 0 Å². The molecule has 1 saturated heterocycles. The summed E-state index contributed by atoms with van der Waals surface area (Å²) in [4.78, 5) is 11.8. The van der Waals surface area contributed by atoms with Crippen molar-refractivity contribution in [1.82, 2.24) is 0 Å². The lowest BCUT2D eigenvalue weighted by molar-refractivity contribution is -0.120. The van der Waals surface area contributed by atoms with E-state index in [1.165, 1.54) is 25.7 Å². The van der Waals surface area contributed by atoms with Crippen LogP contribution in [0.3, 0.4) is 0 Å². The Balaban J connectivity index is 1.75. The predicted octanol–water partition coefficient (Wildman–Crippen LogP) is 1.96. The summed E-state index contributed by atoms with van der Waals surface area (Å²) in [5, 5.41) is 0. The smallest absolute Gasteiger partial charge is 0.150 e. The fourth-order valence-corrected chi connectivity index (χ4v) is 4.84. The van der Waals surface area contributed by atoms with E-state index in [0.717, 1.165) is 0 Å². The van der Waals surface area contributed by atoms with Crippen molar-refractivity contribution in [2.75, 3.05) is 11.5 Å². The van der Waals surface area contributed by atoms with E-state index in [9.17, 15) is 13.2 Å². The second-order valence-electron chi connectivity index (χ2n) is 5.37. The Kier molecular flexibility index (Phi) is 3.67. The summed E-state index contributed by atoms with van der Waals surface area (Å²) < 4.78 is 22.5. The van der Waals surface area contributed by atoms with E-state index in [0.29, 0.717) is 25.2 Å². The van der Waals surface area contributed by atoms with Gasteiger partial charge in [-0.05, 0) is 18.3 Å². The number of Topliss-reactive ketones (excluding diaryl/α,β-unsaturated/α-hetero) is 1. The molecule has 0 amide bonds. The Hall–Kier alpha value is -0.380. The molecule has 4 heteroatoms. The minimum absolute atomic E-state index is 0.110. The second-order valence-corrected chi connectivity index (χ2v) is 7.60. The zero-order valence-corrected chi connectivity index (χ0v) is 10.5. The lowest BCUT2D eigenvalue weighted by Crippen LogP contribution is -2.12. The molecule has 0 bridgehead atoms. The summed E-state index contributed by atoms with van der Waals surface area (Å²) in [6.07, 6.45) is 6.78. The van der Waals surface area contributed by atoms with Crippen LogP contribution in [0, 0.1) is 11.8 Å². The number of sulfone groups is 1. The Morgan fingerprint density at radius 1 is 1.00 bits per heavy atom. The SMILES string of the molecule is O=C(CC1CCCC1)CC1CCS(=O)(=O)C1. The quantitative estimate of drug-likeness (QED) is 0.759. The van der Waals surface area contributed by atoms with E-state index in [4.69, 9.17) is 0 Å². The van der Waals surface area contributed by atoms with Gasteiger partial charge in [-0.2, -0.15) is 0 Å². The lowest BCUT2D eigenvalue weighted by atomic mass is 9.94. The van der Waals surface area contributed by atoms with Gasteiger partial charge in [0.25, 0.3) is 0 Å². The zero-order valence-electron chi connectivity index (χ0n) is 9.65. The first-order valence-electron chi connectivity index (χ1n) is 6.27. The van der Waals surface area contributed by atoms with Crippen LogP contribution in [0.2, 0.25) is 0 Å². The van der Waals surface area contributed by atoms with Crippen molar-refractivity contribution in [1.29, 1.82) is 0 Å². The van der Waals surface area contributed by atoms with Gasteiger partial charge in [0.05, 0.1) is 11.5 Å². The summed E-state index contributed by atoms with van der Waals surface area (Å²) in [5.74, 6) is 1.51. The minimum atomic E-state index is -2.82. The van der Waals surface area contributed by atoms with Gasteiger partial charge in [0, 0.05) is 12.8 Å². The largest absolute Gasteiger partial charge is 0.300 e. The molecule has 1 heterocycles. The highest BCUT2D eigenvalue weighted by molar-refractivity contribution is 7.91. The van der Waals surface area contributed by atoms with Crippen molar-refractivity contribution in [3.05, 3.63) is 0 Å². The molecule has 0 radical (unpaired) electrons. The third-order valence-corrected chi connectivity index (χ3v) is 5.67. The molecule has 1 saturated carbocycles. The van der Waals surface area contributed by atoms with E-state index in [2.05, 4.69) is 0 Å². The Morgan fingerprint density at radius 2 is 1.62 bits per heavy atom. The van der Waals surface area contributed by atoms with Crippen molar-refractivity contribution in [2.45, 2.75) is 44.9 Å². The maximum Gasteiger partial charge on any atom is 0.150 e. The van der Waals surface area contributed by atoms with Crippen LogP contribution in [-0.4, -0.2) is 25.7 Å². The molecule has 3 nitrogen and oxygen atoms in total. The average molecular weight is 244 g/mol. The lowest BCUT2D eigenvalue weighted by Gasteiger charge is -2.10. The molecule has 0 aromatic carbocycles. The number of hydrogen-bond donors (Lipinski definition) is 0. The predicted molar refractivity (Wildman–Crippen MR) is 63.0 cm³/mol.